The van der Waals surface area contributed by atoms with Crippen molar-refractivity contribution in [2.45, 2.75) is 25.4 Å². The molecule has 1 aromatic heterocycles. The quantitative estimate of drug-likeness (QED) is 0.852. The van der Waals surface area contributed by atoms with Crippen molar-refractivity contribution in [2.75, 3.05) is 0 Å². The second kappa shape index (κ2) is 6.63. The molecule has 1 heterocycles. The van der Waals surface area contributed by atoms with E-state index in [4.69, 9.17) is 5.11 Å². The van der Waals surface area contributed by atoms with Crippen LogP contribution in [0.15, 0.2) is 41.8 Å². The smallest absolute Gasteiger partial charge is 0.305 e. The Morgan fingerprint density at radius 3 is 2.60 bits per heavy atom. The lowest BCUT2D eigenvalue weighted by atomic mass is 10.1. The van der Waals surface area contributed by atoms with Gasteiger partial charge in [-0.15, -0.1) is 11.3 Å². The van der Waals surface area contributed by atoms with Crippen molar-refractivity contribution in [3.8, 4) is 0 Å². The lowest BCUT2D eigenvalue weighted by molar-refractivity contribution is -0.137. The van der Waals surface area contributed by atoms with Crippen LogP contribution >= 0.6 is 11.3 Å². The number of rotatable bonds is 6. The van der Waals surface area contributed by atoms with Gasteiger partial charge in [-0.1, -0.05) is 18.2 Å². The average Bonchev–Trinajstić information content (AvgIpc) is 2.92. The van der Waals surface area contributed by atoms with Gasteiger partial charge >= 0.3 is 5.97 Å². The normalized spacial score (nSPS) is 13.9. The number of hydrogen-bond donors (Lipinski definition) is 2. The van der Waals surface area contributed by atoms with Crippen molar-refractivity contribution in [2.24, 2.45) is 0 Å². The molecule has 2 atom stereocenters. The average molecular weight is 293 g/mol. The van der Waals surface area contributed by atoms with Crippen LogP contribution < -0.4 is 5.32 Å². The van der Waals surface area contributed by atoms with Crippen molar-refractivity contribution >= 4 is 17.3 Å². The molecule has 0 bridgehead atoms. The van der Waals surface area contributed by atoms with Crippen LogP contribution in [0.4, 0.5) is 4.39 Å². The highest BCUT2D eigenvalue weighted by Crippen LogP contribution is 2.25. The number of hydrogen-bond acceptors (Lipinski definition) is 3. The molecule has 1 aromatic carbocycles. The van der Waals surface area contributed by atoms with Crippen LogP contribution in [-0.2, 0) is 4.79 Å². The maximum atomic E-state index is 12.9. The van der Waals surface area contributed by atoms with Gasteiger partial charge < -0.3 is 10.4 Å². The third-order valence-corrected chi connectivity index (χ3v) is 4.07. The fourth-order valence-corrected chi connectivity index (χ4v) is 2.84. The minimum absolute atomic E-state index is 0.0199. The number of thiophene rings is 1. The maximum Gasteiger partial charge on any atom is 0.305 e. The number of benzene rings is 1. The minimum Gasteiger partial charge on any atom is -0.481 e. The van der Waals surface area contributed by atoms with E-state index in [1.165, 1.54) is 23.5 Å². The molecule has 0 amide bonds. The molecule has 2 unspecified atom stereocenters. The molecule has 0 saturated heterocycles. The number of halogens is 1. The molecule has 0 fully saturated rings. The van der Waals surface area contributed by atoms with Crippen molar-refractivity contribution < 1.29 is 14.3 Å². The summed E-state index contributed by atoms with van der Waals surface area (Å²) in [7, 11) is 0. The molecule has 106 valence electrons. The van der Waals surface area contributed by atoms with Crippen LogP contribution in [0.2, 0.25) is 0 Å². The van der Waals surface area contributed by atoms with Gasteiger partial charge in [-0.3, -0.25) is 4.79 Å². The topological polar surface area (TPSA) is 49.3 Å². The van der Waals surface area contributed by atoms with Gasteiger partial charge in [0.25, 0.3) is 0 Å². The van der Waals surface area contributed by atoms with E-state index in [-0.39, 0.29) is 24.3 Å². The summed E-state index contributed by atoms with van der Waals surface area (Å²) in [6.45, 7) is 1.94. The van der Waals surface area contributed by atoms with Crippen molar-refractivity contribution in [3.63, 3.8) is 0 Å². The molecule has 20 heavy (non-hydrogen) atoms. The number of carboxylic acids is 1. The summed E-state index contributed by atoms with van der Waals surface area (Å²) < 4.78 is 12.9. The highest BCUT2D eigenvalue weighted by Gasteiger charge is 2.19. The number of aliphatic carboxylic acids is 1. The van der Waals surface area contributed by atoms with Crippen LogP contribution in [0.5, 0.6) is 0 Å². The van der Waals surface area contributed by atoms with E-state index in [1.54, 1.807) is 12.1 Å². The molecule has 5 heteroatoms. The van der Waals surface area contributed by atoms with E-state index in [1.807, 2.05) is 24.4 Å². The molecule has 0 radical (unpaired) electrons. The van der Waals surface area contributed by atoms with Gasteiger partial charge in [-0.05, 0) is 36.1 Å². The molecule has 0 aliphatic carbocycles. The first-order valence-corrected chi connectivity index (χ1v) is 7.21. The van der Waals surface area contributed by atoms with Crippen LogP contribution in [0.25, 0.3) is 0 Å². The second-order valence-electron chi connectivity index (χ2n) is 4.61. The first-order valence-electron chi connectivity index (χ1n) is 6.33. The Morgan fingerprint density at radius 1 is 1.35 bits per heavy atom. The zero-order valence-electron chi connectivity index (χ0n) is 11.0. The first-order chi connectivity index (χ1) is 9.56. The van der Waals surface area contributed by atoms with Crippen LogP contribution in [0, 0.1) is 5.82 Å². The standard InChI is InChI=1S/C15H16FNO2S/c1-10(11-4-6-12(16)7-5-11)17-13(9-15(18)19)14-3-2-8-20-14/h2-8,10,13,17H,9H2,1H3,(H,18,19). The number of nitrogens with one attached hydrogen (secondary N) is 1. The van der Waals surface area contributed by atoms with Gasteiger partial charge in [-0.2, -0.15) is 0 Å². The monoisotopic (exact) mass is 293 g/mol. The van der Waals surface area contributed by atoms with Crippen molar-refractivity contribution in [3.05, 3.63) is 58.0 Å². The predicted molar refractivity (Wildman–Crippen MR) is 77.3 cm³/mol. The molecule has 2 aromatic rings. The van der Waals surface area contributed by atoms with E-state index < -0.39 is 5.97 Å². The Hall–Kier alpha value is -1.72. The van der Waals surface area contributed by atoms with E-state index in [0.29, 0.717) is 0 Å². The zero-order chi connectivity index (χ0) is 14.5. The molecule has 0 aliphatic heterocycles. The van der Waals surface area contributed by atoms with Gasteiger partial charge in [0, 0.05) is 10.9 Å². The number of carboxylic acid groups (broad SMARTS) is 1. The fraction of sp³-hybridized carbons (Fsp3) is 0.267. The molecule has 3 nitrogen and oxygen atoms in total. The Morgan fingerprint density at radius 2 is 2.05 bits per heavy atom. The Bertz CT molecular complexity index is 554. The minimum atomic E-state index is -0.845. The SMILES string of the molecule is CC(NC(CC(=O)O)c1cccs1)c1ccc(F)cc1. The zero-order valence-corrected chi connectivity index (χ0v) is 11.9. The highest BCUT2D eigenvalue weighted by molar-refractivity contribution is 7.10. The fourth-order valence-electron chi connectivity index (χ4n) is 2.06. The molecular formula is C15H16FNO2S. The van der Waals surface area contributed by atoms with Gasteiger partial charge in [0.1, 0.15) is 5.82 Å². The summed E-state index contributed by atoms with van der Waals surface area (Å²) in [5.74, 6) is -1.12. The van der Waals surface area contributed by atoms with E-state index in [0.717, 1.165) is 10.4 Å². The van der Waals surface area contributed by atoms with Crippen molar-refractivity contribution in [1.29, 1.82) is 0 Å². The third-order valence-electron chi connectivity index (χ3n) is 3.09. The second-order valence-corrected chi connectivity index (χ2v) is 5.59. The van der Waals surface area contributed by atoms with E-state index in [9.17, 15) is 9.18 Å². The molecule has 0 saturated carbocycles. The summed E-state index contributed by atoms with van der Waals surface area (Å²) in [5, 5.41) is 14.2. The predicted octanol–water partition coefficient (Wildman–Crippen LogP) is 3.75. The van der Waals surface area contributed by atoms with Gasteiger partial charge in [0.05, 0.1) is 12.5 Å². The molecule has 2 rings (SSSR count). The van der Waals surface area contributed by atoms with Crippen molar-refractivity contribution in [1.82, 2.24) is 5.32 Å². The third kappa shape index (κ3) is 3.88. The van der Waals surface area contributed by atoms with Gasteiger partial charge in [-0.25, -0.2) is 4.39 Å². The molecule has 0 spiro atoms. The summed E-state index contributed by atoms with van der Waals surface area (Å²) in [4.78, 5) is 12.0. The summed E-state index contributed by atoms with van der Waals surface area (Å²) in [6, 6.07) is 9.75. The first kappa shape index (κ1) is 14.7. The largest absolute Gasteiger partial charge is 0.481 e. The Kier molecular flexibility index (Phi) is 4.87. The summed E-state index contributed by atoms with van der Waals surface area (Å²) >= 11 is 1.53. The van der Waals surface area contributed by atoms with Crippen LogP contribution in [0.1, 0.15) is 35.9 Å². The van der Waals surface area contributed by atoms with Gasteiger partial charge in [0.15, 0.2) is 0 Å². The highest BCUT2D eigenvalue weighted by atomic mass is 32.1. The molecule has 0 aliphatic rings. The lowest BCUT2D eigenvalue weighted by Gasteiger charge is -2.21. The lowest BCUT2D eigenvalue weighted by Crippen LogP contribution is -2.26. The van der Waals surface area contributed by atoms with Crippen LogP contribution in [0.3, 0.4) is 0 Å². The number of carbonyl (C=O) groups is 1. The van der Waals surface area contributed by atoms with E-state index >= 15 is 0 Å². The molecule has 2 N–H and O–H groups in total. The Labute approximate surface area is 121 Å². The van der Waals surface area contributed by atoms with Crippen LogP contribution in [-0.4, -0.2) is 11.1 Å². The van der Waals surface area contributed by atoms with Gasteiger partial charge in [0.2, 0.25) is 0 Å². The summed E-state index contributed by atoms with van der Waals surface area (Å²) in [6.07, 6.45) is 0.0199. The Balaban J connectivity index is 2.11. The molecular weight excluding hydrogens is 277 g/mol. The van der Waals surface area contributed by atoms with E-state index in [2.05, 4.69) is 5.32 Å². The summed E-state index contributed by atoms with van der Waals surface area (Å²) in [5.41, 5.74) is 0.929. The maximum absolute atomic E-state index is 12.9.